The molecule has 7 heteroatoms. The van der Waals surface area contributed by atoms with Crippen LogP contribution < -0.4 is 15.4 Å². The Morgan fingerprint density at radius 2 is 2.36 bits per heavy atom. The van der Waals surface area contributed by atoms with Gasteiger partial charge in [0.15, 0.2) is 0 Å². The van der Waals surface area contributed by atoms with Gasteiger partial charge in [0.05, 0.1) is 19.6 Å². The van der Waals surface area contributed by atoms with Gasteiger partial charge >= 0.3 is 0 Å². The van der Waals surface area contributed by atoms with Crippen molar-refractivity contribution in [1.82, 2.24) is 10.5 Å². The number of fused-ring (bicyclic) bond motifs is 1. The van der Waals surface area contributed by atoms with Crippen molar-refractivity contribution in [1.29, 1.82) is 0 Å². The highest BCUT2D eigenvalue weighted by Gasteiger charge is 2.31. The summed E-state index contributed by atoms with van der Waals surface area (Å²) in [6.45, 7) is 0.257. The summed E-state index contributed by atoms with van der Waals surface area (Å²) in [5.41, 5.74) is 2.01. The standard InChI is InChI=1S/C15H15N3O4/c1-21-10-2-3-13-11(6-10)12(7-14(19)17-13)15(20)16-8-9-4-5-22-18-9/h2-6,12H,7-8H2,1H3,(H,16,20)(H,17,19). The number of benzene rings is 1. The van der Waals surface area contributed by atoms with Gasteiger partial charge in [0, 0.05) is 18.2 Å². The maximum absolute atomic E-state index is 12.4. The van der Waals surface area contributed by atoms with E-state index in [1.165, 1.54) is 6.26 Å². The zero-order valence-electron chi connectivity index (χ0n) is 12.0. The molecule has 3 rings (SSSR count). The molecule has 1 aliphatic rings. The molecule has 1 unspecified atom stereocenters. The Hall–Kier alpha value is -2.83. The van der Waals surface area contributed by atoms with Crippen LogP contribution >= 0.6 is 0 Å². The fourth-order valence-electron chi connectivity index (χ4n) is 2.43. The second-order valence-corrected chi connectivity index (χ2v) is 4.97. The molecule has 0 saturated carbocycles. The van der Waals surface area contributed by atoms with Gasteiger partial charge in [-0.25, -0.2) is 0 Å². The van der Waals surface area contributed by atoms with Gasteiger partial charge in [0.2, 0.25) is 11.8 Å². The quantitative estimate of drug-likeness (QED) is 0.891. The lowest BCUT2D eigenvalue weighted by atomic mass is 9.89. The molecule has 2 amide bonds. The van der Waals surface area contributed by atoms with Gasteiger partial charge in [-0.2, -0.15) is 0 Å². The van der Waals surface area contributed by atoms with Crippen molar-refractivity contribution in [2.24, 2.45) is 0 Å². The molecule has 2 N–H and O–H groups in total. The highest BCUT2D eigenvalue weighted by atomic mass is 16.5. The van der Waals surface area contributed by atoms with Crippen molar-refractivity contribution in [2.75, 3.05) is 12.4 Å². The second-order valence-electron chi connectivity index (χ2n) is 4.97. The summed E-state index contributed by atoms with van der Waals surface area (Å²) >= 11 is 0. The van der Waals surface area contributed by atoms with E-state index in [1.807, 2.05) is 0 Å². The van der Waals surface area contributed by atoms with Gasteiger partial charge in [0.1, 0.15) is 17.7 Å². The van der Waals surface area contributed by atoms with Gasteiger partial charge < -0.3 is 19.9 Å². The lowest BCUT2D eigenvalue weighted by Crippen LogP contribution is -2.34. The number of nitrogens with one attached hydrogen (secondary N) is 2. The summed E-state index contributed by atoms with van der Waals surface area (Å²) in [7, 11) is 1.56. The number of aromatic nitrogens is 1. The summed E-state index contributed by atoms with van der Waals surface area (Å²) in [6.07, 6.45) is 1.54. The molecule has 114 valence electrons. The largest absolute Gasteiger partial charge is 0.497 e. The number of methoxy groups -OCH3 is 1. The van der Waals surface area contributed by atoms with Crippen LogP contribution in [0.1, 0.15) is 23.6 Å². The first-order chi connectivity index (χ1) is 10.7. The molecule has 1 aliphatic heterocycles. The SMILES string of the molecule is COc1ccc2c(c1)C(C(=O)NCc1ccon1)CC(=O)N2. The zero-order valence-corrected chi connectivity index (χ0v) is 12.0. The fourth-order valence-corrected chi connectivity index (χ4v) is 2.43. The van der Waals surface area contributed by atoms with E-state index in [0.717, 1.165) is 5.56 Å². The normalized spacial score (nSPS) is 16.6. The lowest BCUT2D eigenvalue weighted by molar-refractivity contribution is -0.126. The number of rotatable bonds is 4. The molecule has 2 heterocycles. The third kappa shape index (κ3) is 2.78. The highest BCUT2D eigenvalue weighted by Crippen LogP contribution is 2.35. The Balaban J connectivity index is 1.81. The summed E-state index contributed by atoms with van der Waals surface area (Å²) in [5, 5.41) is 9.27. The summed E-state index contributed by atoms with van der Waals surface area (Å²) in [6, 6.07) is 6.93. The van der Waals surface area contributed by atoms with Crippen LogP contribution in [0.3, 0.4) is 0 Å². The van der Waals surface area contributed by atoms with Crippen molar-refractivity contribution in [3.8, 4) is 5.75 Å². The molecule has 0 radical (unpaired) electrons. The van der Waals surface area contributed by atoms with E-state index < -0.39 is 5.92 Å². The molecule has 1 aromatic carbocycles. The molecule has 22 heavy (non-hydrogen) atoms. The number of carbonyl (C=O) groups is 2. The zero-order chi connectivity index (χ0) is 15.5. The average molecular weight is 301 g/mol. The van der Waals surface area contributed by atoms with Crippen LogP contribution in [-0.4, -0.2) is 24.1 Å². The van der Waals surface area contributed by atoms with E-state index in [1.54, 1.807) is 31.4 Å². The minimum absolute atomic E-state index is 0.102. The van der Waals surface area contributed by atoms with Crippen molar-refractivity contribution in [3.63, 3.8) is 0 Å². The van der Waals surface area contributed by atoms with Gasteiger partial charge in [0.25, 0.3) is 0 Å². The van der Waals surface area contributed by atoms with Gasteiger partial charge in [-0.15, -0.1) is 0 Å². The van der Waals surface area contributed by atoms with Gasteiger partial charge in [-0.1, -0.05) is 5.16 Å². The number of anilines is 1. The molecule has 1 atom stereocenters. The van der Waals surface area contributed by atoms with Crippen LogP contribution in [0.15, 0.2) is 35.1 Å². The summed E-state index contributed by atoms with van der Waals surface area (Å²) in [5.74, 6) is -0.318. The van der Waals surface area contributed by atoms with E-state index in [4.69, 9.17) is 9.26 Å². The molecule has 0 aliphatic carbocycles. The monoisotopic (exact) mass is 301 g/mol. The molecule has 0 bridgehead atoms. The van der Waals surface area contributed by atoms with Crippen LogP contribution in [0, 0.1) is 0 Å². The first-order valence-electron chi connectivity index (χ1n) is 6.82. The predicted octanol–water partition coefficient (Wildman–Crippen LogP) is 1.43. The minimum Gasteiger partial charge on any atom is -0.497 e. The number of nitrogens with zero attached hydrogens (tertiary/aromatic N) is 1. The first-order valence-corrected chi connectivity index (χ1v) is 6.82. The molecule has 0 fully saturated rings. The van der Waals surface area contributed by atoms with Crippen LogP contribution in [0.2, 0.25) is 0 Å². The third-order valence-electron chi connectivity index (χ3n) is 3.55. The highest BCUT2D eigenvalue weighted by molar-refractivity contribution is 6.01. The van der Waals surface area contributed by atoms with Crippen LogP contribution in [-0.2, 0) is 16.1 Å². The van der Waals surface area contributed by atoms with Crippen LogP contribution in [0.25, 0.3) is 0 Å². The van der Waals surface area contributed by atoms with Gasteiger partial charge in [-0.05, 0) is 23.8 Å². The van der Waals surface area contributed by atoms with Crippen LogP contribution in [0.5, 0.6) is 5.75 Å². The number of ether oxygens (including phenoxy) is 1. The minimum atomic E-state index is -0.550. The first kappa shape index (κ1) is 14.1. The second kappa shape index (κ2) is 5.88. The van der Waals surface area contributed by atoms with E-state index >= 15 is 0 Å². The maximum Gasteiger partial charge on any atom is 0.228 e. The average Bonchev–Trinajstić information content (AvgIpc) is 3.04. The van der Waals surface area contributed by atoms with Crippen molar-refractivity contribution >= 4 is 17.5 Å². The Kier molecular flexibility index (Phi) is 3.78. The molecule has 1 aromatic heterocycles. The van der Waals surface area contributed by atoms with Crippen molar-refractivity contribution in [3.05, 3.63) is 41.8 Å². The molecule has 7 nitrogen and oxygen atoms in total. The Morgan fingerprint density at radius 3 is 3.09 bits per heavy atom. The summed E-state index contributed by atoms with van der Waals surface area (Å²) in [4.78, 5) is 24.2. The molecule has 2 aromatic rings. The number of hydrogen-bond acceptors (Lipinski definition) is 5. The topological polar surface area (TPSA) is 93.5 Å². The van der Waals surface area contributed by atoms with E-state index in [-0.39, 0.29) is 24.8 Å². The smallest absolute Gasteiger partial charge is 0.228 e. The Morgan fingerprint density at radius 1 is 1.50 bits per heavy atom. The Bertz CT molecular complexity index is 697. The van der Waals surface area contributed by atoms with E-state index in [2.05, 4.69) is 15.8 Å². The summed E-state index contributed by atoms with van der Waals surface area (Å²) < 4.78 is 9.90. The lowest BCUT2D eigenvalue weighted by Gasteiger charge is -2.25. The number of carbonyl (C=O) groups excluding carboxylic acids is 2. The van der Waals surface area contributed by atoms with Crippen molar-refractivity contribution in [2.45, 2.75) is 18.9 Å². The van der Waals surface area contributed by atoms with E-state index in [0.29, 0.717) is 17.1 Å². The molecular weight excluding hydrogens is 286 g/mol. The Labute approximate surface area is 126 Å². The number of hydrogen-bond donors (Lipinski definition) is 2. The van der Waals surface area contributed by atoms with Crippen LogP contribution in [0.4, 0.5) is 5.69 Å². The van der Waals surface area contributed by atoms with Crippen molar-refractivity contribution < 1.29 is 18.8 Å². The fraction of sp³-hybridized carbons (Fsp3) is 0.267. The molecular formula is C15H15N3O4. The van der Waals surface area contributed by atoms with E-state index in [9.17, 15) is 9.59 Å². The predicted molar refractivity (Wildman–Crippen MR) is 77.3 cm³/mol. The maximum atomic E-state index is 12.4. The van der Waals surface area contributed by atoms with Gasteiger partial charge in [-0.3, -0.25) is 9.59 Å². The molecule has 0 saturated heterocycles. The number of amides is 2. The molecule has 0 spiro atoms. The third-order valence-corrected chi connectivity index (χ3v) is 3.55.